The second-order valence-corrected chi connectivity index (χ2v) is 10.2. The van der Waals surface area contributed by atoms with Gasteiger partial charge in [-0.15, -0.1) is 0 Å². The van der Waals surface area contributed by atoms with Crippen molar-refractivity contribution in [2.75, 3.05) is 23.3 Å². The third-order valence-electron chi connectivity index (χ3n) is 5.12. The maximum Gasteiger partial charge on any atom is 0.339 e. The Morgan fingerprint density at radius 2 is 1.62 bits per heavy atom. The Kier molecular flexibility index (Phi) is 7.86. The molecule has 0 unspecified atom stereocenters. The lowest BCUT2D eigenvalue weighted by Crippen LogP contribution is -2.38. The lowest BCUT2D eigenvalue weighted by Gasteiger charge is -2.25. The zero-order valence-electron chi connectivity index (χ0n) is 18.6. The van der Waals surface area contributed by atoms with Crippen LogP contribution in [0, 0.1) is 13.8 Å². The van der Waals surface area contributed by atoms with Crippen molar-refractivity contribution in [2.24, 2.45) is 0 Å². The molecule has 3 rings (SSSR count). The zero-order valence-corrected chi connectivity index (χ0v) is 21.0. The van der Waals surface area contributed by atoms with Crippen molar-refractivity contribution in [3.8, 4) is 0 Å². The van der Waals surface area contributed by atoms with Gasteiger partial charge in [0, 0.05) is 10.7 Å². The fourth-order valence-corrected chi connectivity index (χ4v) is 4.86. The molecule has 0 aromatic heterocycles. The Hall–Kier alpha value is -3.07. The van der Waals surface area contributed by atoms with Gasteiger partial charge in [0.2, 0.25) is 5.91 Å². The predicted molar refractivity (Wildman–Crippen MR) is 133 cm³/mol. The van der Waals surface area contributed by atoms with Gasteiger partial charge in [0.05, 0.1) is 28.3 Å². The third kappa shape index (κ3) is 5.70. The van der Waals surface area contributed by atoms with E-state index in [0.29, 0.717) is 10.7 Å². The van der Waals surface area contributed by atoms with Gasteiger partial charge < -0.3 is 10.1 Å². The number of nitrogens with zero attached hydrogens (tertiary/aromatic N) is 1. The van der Waals surface area contributed by atoms with Crippen LogP contribution in [0.1, 0.15) is 21.5 Å². The van der Waals surface area contributed by atoms with Crippen molar-refractivity contribution in [1.29, 1.82) is 0 Å². The number of halogens is 2. The van der Waals surface area contributed by atoms with Crippen LogP contribution >= 0.6 is 23.2 Å². The highest BCUT2D eigenvalue weighted by Crippen LogP contribution is 2.27. The molecule has 0 bridgehead atoms. The fraction of sp³-hybridized carbons (Fsp3) is 0.167. The smallest absolute Gasteiger partial charge is 0.339 e. The summed E-state index contributed by atoms with van der Waals surface area (Å²) in [6.07, 6.45) is 0. The van der Waals surface area contributed by atoms with Crippen molar-refractivity contribution in [2.45, 2.75) is 18.7 Å². The Balaban J connectivity index is 1.96. The number of carbonyl (C=O) groups is 2. The molecule has 3 aromatic rings. The van der Waals surface area contributed by atoms with E-state index in [1.165, 1.54) is 49.6 Å². The summed E-state index contributed by atoms with van der Waals surface area (Å²) in [5.74, 6) is -1.28. The first-order valence-electron chi connectivity index (χ1n) is 10.1. The number of sulfonamides is 1. The molecule has 7 nitrogen and oxygen atoms in total. The summed E-state index contributed by atoms with van der Waals surface area (Å²) in [6.45, 7) is 3.25. The molecular weight excluding hydrogens is 499 g/mol. The number of carbonyl (C=O) groups excluding carboxylic acids is 2. The van der Waals surface area contributed by atoms with Gasteiger partial charge in [-0.3, -0.25) is 9.10 Å². The minimum absolute atomic E-state index is 0.0117. The molecule has 10 heteroatoms. The number of rotatable bonds is 7. The Morgan fingerprint density at radius 1 is 0.941 bits per heavy atom. The lowest BCUT2D eigenvalue weighted by molar-refractivity contribution is -0.114. The summed E-state index contributed by atoms with van der Waals surface area (Å²) in [7, 11) is -2.89. The van der Waals surface area contributed by atoms with E-state index in [-0.39, 0.29) is 21.2 Å². The number of esters is 1. The van der Waals surface area contributed by atoms with Crippen LogP contribution in [-0.2, 0) is 19.6 Å². The summed E-state index contributed by atoms with van der Waals surface area (Å²) in [4.78, 5) is 24.8. The van der Waals surface area contributed by atoms with Crippen LogP contribution in [0.5, 0.6) is 0 Å². The number of benzene rings is 3. The van der Waals surface area contributed by atoms with Crippen LogP contribution in [-0.4, -0.2) is 33.9 Å². The maximum atomic E-state index is 13.5. The Bertz CT molecular complexity index is 1340. The van der Waals surface area contributed by atoms with Crippen LogP contribution in [0.4, 0.5) is 11.4 Å². The van der Waals surface area contributed by atoms with E-state index in [2.05, 4.69) is 10.1 Å². The first kappa shape index (κ1) is 25.6. The minimum Gasteiger partial charge on any atom is -0.465 e. The SMILES string of the molecule is COC(=O)c1cc(NC(=O)CN(c2ccc(C)c(C)c2)S(=O)(=O)c2ccc(Cl)cc2)ccc1Cl. The summed E-state index contributed by atoms with van der Waals surface area (Å²) in [5, 5.41) is 3.16. The first-order chi connectivity index (χ1) is 16.0. The van der Waals surface area contributed by atoms with Gasteiger partial charge in [-0.05, 0) is 79.6 Å². The molecule has 0 aliphatic rings. The highest BCUT2D eigenvalue weighted by Gasteiger charge is 2.28. The van der Waals surface area contributed by atoms with Gasteiger partial charge in [-0.25, -0.2) is 13.2 Å². The topological polar surface area (TPSA) is 92.8 Å². The van der Waals surface area contributed by atoms with E-state index >= 15 is 0 Å². The van der Waals surface area contributed by atoms with Crippen molar-refractivity contribution in [1.82, 2.24) is 0 Å². The molecule has 0 aliphatic carbocycles. The molecule has 3 aromatic carbocycles. The van der Waals surface area contributed by atoms with E-state index in [1.807, 2.05) is 13.8 Å². The average molecular weight is 521 g/mol. The highest BCUT2D eigenvalue weighted by molar-refractivity contribution is 7.92. The molecule has 0 aliphatic heterocycles. The number of methoxy groups -OCH3 is 1. The van der Waals surface area contributed by atoms with Crippen molar-refractivity contribution >= 4 is 56.5 Å². The standard InChI is InChI=1S/C24H22Cl2N2O5S/c1-15-4-8-19(12-16(15)2)28(34(31,32)20-9-5-17(25)6-10-20)14-23(29)27-18-7-11-22(26)21(13-18)24(30)33-3/h4-13H,14H2,1-3H3,(H,27,29). The quantitative estimate of drug-likeness (QED) is 0.430. The van der Waals surface area contributed by atoms with E-state index in [1.54, 1.807) is 18.2 Å². The minimum atomic E-state index is -4.10. The van der Waals surface area contributed by atoms with Crippen LogP contribution in [0.3, 0.4) is 0 Å². The monoisotopic (exact) mass is 520 g/mol. The molecule has 0 saturated heterocycles. The van der Waals surface area contributed by atoms with Gasteiger partial charge in [-0.2, -0.15) is 0 Å². The van der Waals surface area contributed by atoms with Crippen molar-refractivity contribution in [3.05, 3.63) is 87.4 Å². The Morgan fingerprint density at radius 3 is 2.24 bits per heavy atom. The van der Waals surface area contributed by atoms with Gasteiger partial charge in [-0.1, -0.05) is 29.3 Å². The van der Waals surface area contributed by atoms with Gasteiger partial charge in [0.15, 0.2) is 0 Å². The molecule has 0 radical (unpaired) electrons. The second kappa shape index (κ2) is 10.5. The predicted octanol–water partition coefficient (Wildman–Crippen LogP) is 5.23. The third-order valence-corrected chi connectivity index (χ3v) is 7.49. The van der Waals surface area contributed by atoms with Crippen LogP contribution in [0.2, 0.25) is 10.0 Å². The molecule has 178 valence electrons. The van der Waals surface area contributed by atoms with E-state index in [0.717, 1.165) is 15.4 Å². The molecule has 1 N–H and O–H groups in total. The van der Waals surface area contributed by atoms with E-state index in [4.69, 9.17) is 23.2 Å². The van der Waals surface area contributed by atoms with Crippen molar-refractivity contribution < 1.29 is 22.7 Å². The van der Waals surface area contributed by atoms with Gasteiger partial charge >= 0.3 is 5.97 Å². The summed E-state index contributed by atoms with van der Waals surface area (Å²) >= 11 is 11.9. The number of ether oxygens (including phenoxy) is 1. The Labute approximate surface area is 208 Å². The highest BCUT2D eigenvalue weighted by atomic mass is 35.5. The van der Waals surface area contributed by atoms with E-state index < -0.39 is 28.4 Å². The first-order valence-corrected chi connectivity index (χ1v) is 12.3. The van der Waals surface area contributed by atoms with Crippen LogP contribution in [0.25, 0.3) is 0 Å². The van der Waals surface area contributed by atoms with Crippen LogP contribution in [0.15, 0.2) is 65.6 Å². The molecule has 0 heterocycles. The number of anilines is 2. The molecule has 0 fully saturated rings. The normalized spacial score (nSPS) is 11.1. The molecular formula is C24H22Cl2N2O5S. The largest absolute Gasteiger partial charge is 0.465 e. The number of nitrogens with one attached hydrogen (secondary N) is 1. The van der Waals surface area contributed by atoms with Crippen molar-refractivity contribution in [3.63, 3.8) is 0 Å². The van der Waals surface area contributed by atoms with Gasteiger partial charge in [0.25, 0.3) is 10.0 Å². The lowest BCUT2D eigenvalue weighted by atomic mass is 10.1. The number of hydrogen-bond acceptors (Lipinski definition) is 5. The second-order valence-electron chi connectivity index (χ2n) is 7.47. The molecule has 0 saturated carbocycles. The number of amides is 1. The van der Waals surface area contributed by atoms with Crippen LogP contribution < -0.4 is 9.62 Å². The number of hydrogen-bond donors (Lipinski definition) is 1. The fourth-order valence-electron chi connectivity index (χ4n) is 3.13. The summed E-state index contributed by atoms with van der Waals surface area (Å²) in [6, 6.07) is 15.1. The molecule has 1 amide bonds. The molecule has 0 spiro atoms. The zero-order chi connectivity index (χ0) is 25.0. The molecule has 0 atom stereocenters. The maximum absolute atomic E-state index is 13.5. The summed E-state index contributed by atoms with van der Waals surface area (Å²) in [5.41, 5.74) is 2.52. The molecule has 34 heavy (non-hydrogen) atoms. The van der Waals surface area contributed by atoms with E-state index in [9.17, 15) is 18.0 Å². The number of aryl methyl sites for hydroxylation is 2. The van der Waals surface area contributed by atoms with Gasteiger partial charge in [0.1, 0.15) is 6.54 Å². The summed E-state index contributed by atoms with van der Waals surface area (Å²) < 4.78 is 32.7. The average Bonchev–Trinajstić information content (AvgIpc) is 2.80.